The first-order chi connectivity index (χ1) is 8.43. The van der Waals surface area contributed by atoms with E-state index >= 15 is 0 Å². The number of ether oxygens (including phenoxy) is 1. The first-order valence-corrected chi connectivity index (χ1v) is 5.68. The number of likely N-dealkylation sites (N-methyl/N-ethyl adjacent to an activating group) is 1. The topological polar surface area (TPSA) is 49.8 Å². The second-order valence-corrected chi connectivity index (χ2v) is 4.27. The van der Waals surface area contributed by atoms with Gasteiger partial charge in [-0.3, -0.25) is 4.79 Å². The molecule has 100 valence electrons. The van der Waals surface area contributed by atoms with Crippen molar-refractivity contribution in [2.75, 3.05) is 20.7 Å². The van der Waals surface area contributed by atoms with Crippen LogP contribution in [0.4, 0.5) is 4.39 Å². The van der Waals surface area contributed by atoms with Gasteiger partial charge < -0.3 is 14.7 Å². The zero-order valence-electron chi connectivity index (χ0n) is 10.8. The second kappa shape index (κ2) is 6.35. The van der Waals surface area contributed by atoms with Crippen LogP contribution in [0.1, 0.15) is 12.5 Å². The maximum Gasteiger partial charge on any atom is 0.226 e. The molecular formula is C13H18FNO3. The van der Waals surface area contributed by atoms with Crippen LogP contribution in [0.2, 0.25) is 0 Å². The van der Waals surface area contributed by atoms with E-state index in [1.807, 2.05) is 0 Å². The van der Waals surface area contributed by atoms with Crippen molar-refractivity contribution >= 4 is 5.91 Å². The first-order valence-electron chi connectivity index (χ1n) is 5.68. The molecule has 1 N–H and O–H groups in total. The summed E-state index contributed by atoms with van der Waals surface area (Å²) in [5.74, 6) is -0.495. The Morgan fingerprint density at radius 1 is 1.56 bits per heavy atom. The van der Waals surface area contributed by atoms with E-state index in [0.29, 0.717) is 5.56 Å². The Balaban J connectivity index is 2.67. The number of amides is 1. The molecule has 0 heterocycles. The Bertz CT molecular complexity index is 421. The summed E-state index contributed by atoms with van der Waals surface area (Å²) in [4.78, 5) is 13.2. The predicted octanol–water partition coefficient (Wildman–Crippen LogP) is 1.22. The molecule has 0 aliphatic heterocycles. The van der Waals surface area contributed by atoms with Crippen LogP contribution in [0, 0.1) is 5.82 Å². The number of rotatable bonds is 5. The lowest BCUT2D eigenvalue weighted by atomic mass is 10.1. The van der Waals surface area contributed by atoms with Gasteiger partial charge in [-0.15, -0.1) is 0 Å². The molecule has 1 atom stereocenters. The zero-order valence-corrected chi connectivity index (χ0v) is 10.8. The van der Waals surface area contributed by atoms with Crippen molar-refractivity contribution in [2.45, 2.75) is 19.4 Å². The number of hydrogen-bond donors (Lipinski definition) is 1. The van der Waals surface area contributed by atoms with Crippen molar-refractivity contribution in [3.63, 3.8) is 0 Å². The van der Waals surface area contributed by atoms with Gasteiger partial charge in [0.05, 0.1) is 19.6 Å². The van der Waals surface area contributed by atoms with E-state index in [1.54, 1.807) is 20.0 Å². The molecule has 0 aliphatic carbocycles. The largest absolute Gasteiger partial charge is 0.494 e. The van der Waals surface area contributed by atoms with Gasteiger partial charge in [0.25, 0.3) is 0 Å². The molecule has 1 aromatic rings. The summed E-state index contributed by atoms with van der Waals surface area (Å²) in [6.45, 7) is 1.87. The van der Waals surface area contributed by atoms with Gasteiger partial charge in [0.2, 0.25) is 5.91 Å². The van der Waals surface area contributed by atoms with Crippen LogP contribution in [-0.2, 0) is 11.2 Å². The summed E-state index contributed by atoms with van der Waals surface area (Å²) in [6, 6.07) is 4.43. The summed E-state index contributed by atoms with van der Waals surface area (Å²) in [7, 11) is 2.99. The molecular weight excluding hydrogens is 237 g/mol. The molecule has 18 heavy (non-hydrogen) atoms. The monoisotopic (exact) mass is 255 g/mol. The number of hydrogen-bond acceptors (Lipinski definition) is 3. The average molecular weight is 255 g/mol. The molecule has 0 saturated carbocycles. The quantitative estimate of drug-likeness (QED) is 0.860. The van der Waals surface area contributed by atoms with Gasteiger partial charge in [-0.05, 0) is 24.6 Å². The van der Waals surface area contributed by atoms with Gasteiger partial charge >= 0.3 is 0 Å². The lowest BCUT2D eigenvalue weighted by molar-refractivity contribution is -0.130. The number of aliphatic hydroxyl groups is 1. The number of carbonyl (C=O) groups excluding carboxylic acids is 1. The van der Waals surface area contributed by atoms with Crippen LogP contribution in [0.3, 0.4) is 0 Å². The van der Waals surface area contributed by atoms with Crippen LogP contribution in [-0.4, -0.2) is 42.7 Å². The number of halogens is 1. The minimum absolute atomic E-state index is 0.101. The Labute approximate surface area is 106 Å². The number of carbonyl (C=O) groups is 1. The molecule has 0 aromatic heterocycles. The summed E-state index contributed by atoms with van der Waals surface area (Å²) in [5.41, 5.74) is 0.579. The van der Waals surface area contributed by atoms with Gasteiger partial charge in [-0.2, -0.15) is 0 Å². The molecule has 0 spiro atoms. The summed E-state index contributed by atoms with van der Waals surface area (Å²) >= 11 is 0. The fourth-order valence-corrected chi connectivity index (χ4v) is 1.63. The minimum atomic E-state index is -0.577. The van der Waals surface area contributed by atoms with Crippen LogP contribution in [0.25, 0.3) is 0 Å². The van der Waals surface area contributed by atoms with Gasteiger partial charge in [-0.25, -0.2) is 4.39 Å². The Hall–Kier alpha value is -1.62. The SMILES string of the molecule is COc1ccc(CC(=O)N(C)CC(C)O)cc1F. The van der Waals surface area contributed by atoms with E-state index in [0.717, 1.165) is 0 Å². The maximum atomic E-state index is 13.4. The third-order valence-electron chi connectivity index (χ3n) is 2.54. The van der Waals surface area contributed by atoms with E-state index in [4.69, 9.17) is 4.74 Å². The zero-order chi connectivity index (χ0) is 13.7. The third kappa shape index (κ3) is 4.00. The molecule has 0 radical (unpaired) electrons. The number of benzene rings is 1. The van der Waals surface area contributed by atoms with E-state index in [2.05, 4.69) is 0 Å². The standard InChI is InChI=1S/C13H18FNO3/c1-9(16)8-15(2)13(17)7-10-4-5-12(18-3)11(14)6-10/h4-6,9,16H,7-8H2,1-3H3. The van der Waals surface area contributed by atoms with Crippen LogP contribution >= 0.6 is 0 Å². The summed E-state index contributed by atoms with van der Waals surface area (Å²) in [5, 5.41) is 9.18. The van der Waals surface area contributed by atoms with E-state index in [1.165, 1.54) is 24.1 Å². The Morgan fingerprint density at radius 2 is 2.22 bits per heavy atom. The molecule has 1 unspecified atom stereocenters. The predicted molar refractivity (Wildman–Crippen MR) is 66.0 cm³/mol. The van der Waals surface area contributed by atoms with E-state index < -0.39 is 11.9 Å². The smallest absolute Gasteiger partial charge is 0.226 e. The van der Waals surface area contributed by atoms with Crippen molar-refractivity contribution in [1.82, 2.24) is 4.90 Å². The number of aliphatic hydroxyl groups excluding tert-OH is 1. The van der Waals surface area contributed by atoms with Gasteiger partial charge in [0.15, 0.2) is 11.6 Å². The second-order valence-electron chi connectivity index (χ2n) is 4.27. The van der Waals surface area contributed by atoms with E-state index in [9.17, 15) is 14.3 Å². The van der Waals surface area contributed by atoms with Crippen LogP contribution in [0.5, 0.6) is 5.75 Å². The van der Waals surface area contributed by atoms with Crippen molar-refractivity contribution in [1.29, 1.82) is 0 Å². The molecule has 4 nitrogen and oxygen atoms in total. The lowest BCUT2D eigenvalue weighted by Gasteiger charge is -2.18. The van der Waals surface area contributed by atoms with Crippen LogP contribution < -0.4 is 4.74 Å². The highest BCUT2D eigenvalue weighted by Crippen LogP contribution is 2.18. The molecule has 0 aliphatic rings. The molecule has 1 amide bonds. The highest BCUT2D eigenvalue weighted by Gasteiger charge is 2.13. The fraction of sp³-hybridized carbons (Fsp3) is 0.462. The molecule has 0 bridgehead atoms. The van der Waals surface area contributed by atoms with Crippen molar-refractivity contribution in [3.8, 4) is 5.75 Å². The van der Waals surface area contributed by atoms with Gasteiger partial charge in [0.1, 0.15) is 0 Å². The molecule has 0 saturated heterocycles. The Kier molecular flexibility index (Phi) is 5.09. The van der Waals surface area contributed by atoms with Crippen LogP contribution in [0.15, 0.2) is 18.2 Å². The molecule has 1 aromatic carbocycles. The minimum Gasteiger partial charge on any atom is -0.494 e. The number of nitrogens with zero attached hydrogens (tertiary/aromatic N) is 1. The van der Waals surface area contributed by atoms with Crippen molar-refractivity contribution < 1.29 is 19.0 Å². The number of methoxy groups -OCH3 is 1. The Morgan fingerprint density at radius 3 is 2.72 bits per heavy atom. The normalized spacial score (nSPS) is 12.1. The average Bonchev–Trinajstić information content (AvgIpc) is 2.28. The van der Waals surface area contributed by atoms with Crippen molar-refractivity contribution in [3.05, 3.63) is 29.6 Å². The first kappa shape index (κ1) is 14.4. The summed E-state index contributed by atoms with van der Waals surface area (Å²) in [6.07, 6.45) is -0.476. The molecule has 1 rings (SSSR count). The van der Waals surface area contributed by atoms with Gasteiger partial charge in [0, 0.05) is 13.6 Å². The third-order valence-corrected chi connectivity index (χ3v) is 2.54. The fourth-order valence-electron chi connectivity index (χ4n) is 1.63. The van der Waals surface area contributed by atoms with E-state index in [-0.39, 0.29) is 24.6 Å². The van der Waals surface area contributed by atoms with Crippen molar-refractivity contribution in [2.24, 2.45) is 0 Å². The molecule has 5 heteroatoms. The lowest BCUT2D eigenvalue weighted by Crippen LogP contribution is -2.34. The van der Waals surface area contributed by atoms with Gasteiger partial charge in [-0.1, -0.05) is 6.07 Å². The summed E-state index contributed by atoms with van der Waals surface area (Å²) < 4.78 is 18.2. The highest BCUT2D eigenvalue weighted by molar-refractivity contribution is 5.78. The maximum absolute atomic E-state index is 13.4. The highest BCUT2D eigenvalue weighted by atomic mass is 19.1. The molecule has 0 fully saturated rings.